The first-order valence-electron chi connectivity index (χ1n) is 6.94. The van der Waals surface area contributed by atoms with Gasteiger partial charge in [0, 0.05) is 0 Å². The molecular formula is C17H16O5. The molecule has 0 amide bonds. The molecule has 1 aliphatic rings. The van der Waals surface area contributed by atoms with E-state index in [1.54, 1.807) is 18.2 Å². The Morgan fingerprint density at radius 1 is 1.14 bits per heavy atom. The first-order valence-corrected chi connectivity index (χ1v) is 6.94. The largest absolute Gasteiger partial charge is 0.480 e. The third kappa shape index (κ3) is 2.63. The highest BCUT2D eigenvalue weighted by Crippen LogP contribution is 2.40. The van der Waals surface area contributed by atoms with Crippen LogP contribution in [0.3, 0.4) is 0 Å². The lowest BCUT2D eigenvalue weighted by Crippen LogP contribution is -2.36. The number of esters is 1. The molecule has 2 atom stereocenters. The molecule has 1 N–H and O–H groups in total. The van der Waals surface area contributed by atoms with Crippen LogP contribution in [0.25, 0.3) is 0 Å². The zero-order valence-electron chi connectivity index (χ0n) is 12.1. The van der Waals surface area contributed by atoms with Crippen LogP contribution in [0.1, 0.15) is 22.0 Å². The molecule has 0 aliphatic carbocycles. The van der Waals surface area contributed by atoms with Crippen molar-refractivity contribution in [2.45, 2.75) is 12.2 Å². The van der Waals surface area contributed by atoms with Crippen molar-refractivity contribution in [3.63, 3.8) is 0 Å². The van der Waals surface area contributed by atoms with E-state index in [2.05, 4.69) is 0 Å². The Morgan fingerprint density at radius 3 is 2.59 bits per heavy atom. The van der Waals surface area contributed by atoms with Crippen molar-refractivity contribution < 1.29 is 24.1 Å². The van der Waals surface area contributed by atoms with Gasteiger partial charge in [-0.2, -0.15) is 0 Å². The topological polar surface area (TPSA) is 65.0 Å². The van der Waals surface area contributed by atoms with Crippen LogP contribution in [0, 0.1) is 0 Å². The van der Waals surface area contributed by atoms with Gasteiger partial charge in [0.1, 0.15) is 0 Å². The van der Waals surface area contributed by atoms with E-state index in [0.29, 0.717) is 17.1 Å². The Balaban J connectivity index is 1.95. The van der Waals surface area contributed by atoms with E-state index in [0.717, 1.165) is 5.56 Å². The van der Waals surface area contributed by atoms with E-state index in [9.17, 15) is 9.90 Å². The van der Waals surface area contributed by atoms with Crippen LogP contribution in [-0.4, -0.2) is 30.9 Å². The lowest BCUT2D eigenvalue weighted by atomic mass is 10.0. The highest BCUT2D eigenvalue weighted by atomic mass is 16.6. The fourth-order valence-corrected chi connectivity index (χ4v) is 2.44. The monoisotopic (exact) mass is 300 g/mol. The summed E-state index contributed by atoms with van der Waals surface area (Å²) in [6.07, 6.45) is -0.939. The number of carbonyl (C=O) groups is 1. The average Bonchev–Trinajstić information content (AvgIpc) is 2.60. The third-order valence-electron chi connectivity index (χ3n) is 3.54. The van der Waals surface area contributed by atoms with Crippen molar-refractivity contribution in [2.24, 2.45) is 0 Å². The minimum atomic E-state index is -0.501. The molecule has 1 heterocycles. The summed E-state index contributed by atoms with van der Waals surface area (Å²) < 4.78 is 16.5. The molecule has 5 nitrogen and oxygen atoms in total. The van der Waals surface area contributed by atoms with E-state index in [1.807, 2.05) is 30.3 Å². The molecule has 0 saturated carbocycles. The lowest BCUT2D eigenvalue weighted by molar-refractivity contribution is -0.0124. The average molecular weight is 300 g/mol. The molecule has 0 saturated heterocycles. The van der Waals surface area contributed by atoms with E-state index in [4.69, 9.17) is 14.2 Å². The molecule has 114 valence electrons. The fraction of sp³-hybridized carbons (Fsp3) is 0.235. The van der Waals surface area contributed by atoms with Gasteiger partial charge in [0.2, 0.25) is 0 Å². The molecule has 0 fully saturated rings. The number of benzene rings is 2. The minimum Gasteiger partial charge on any atom is -0.480 e. The van der Waals surface area contributed by atoms with Gasteiger partial charge in [0.05, 0.1) is 19.3 Å². The van der Waals surface area contributed by atoms with E-state index < -0.39 is 18.2 Å². The first kappa shape index (κ1) is 14.4. The number of fused-ring (bicyclic) bond motifs is 1. The molecular weight excluding hydrogens is 284 g/mol. The van der Waals surface area contributed by atoms with Gasteiger partial charge in [-0.1, -0.05) is 30.3 Å². The molecule has 0 spiro atoms. The second kappa shape index (κ2) is 6.07. The number of ether oxygens (including phenoxy) is 3. The van der Waals surface area contributed by atoms with Gasteiger partial charge in [-0.05, 0) is 23.8 Å². The summed E-state index contributed by atoms with van der Waals surface area (Å²) in [7, 11) is 1.33. The highest BCUT2D eigenvalue weighted by molar-refractivity contribution is 5.90. The zero-order chi connectivity index (χ0) is 15.5. The lowest BCUT2D eigenvalue weighted by Gasteiger charge is -2.33. The second-order valence-corrected chi connectivity index (χ2v) is 4.94. The van der Waals surface area contributed by atoms with Gasteiger partial charge in [0.25, 0.3) is 0 Å². The summed E-state index contributed by atoms with van der Waals surface area (Å²) in [5.74, 6) is 0.521. The number of hydrogen-bond acceptors (Lipinski definition) is 5. The number of hydrogen-bond donors (Lipinski definition) is 1. The Hall–Kier alpha value is -2.53. The van der Waals surface area contributed by atoms with Crippen LogP contribution in [0.2, 0.25) is 0 Å². The number of methoxy groups -OCH3 is 1. The molecule has 0 aromatic heterocycles. The van der Waals surface area contributed by atoms with Crippen molar-refractivity contribution in [3.8, 4) is 11.5 Å². The standard InChI is InChI=1S/C17H16O5/c1-20-17(19)12-7-8-13-14(9-12)22-16(15(10-18)21-13)11-5-3-2-4-6-11/h2-9,15-16,18H,10H2,1H3. The SMILES string of the molecule is COC(=O)c1ccc2c(c1)OC(c1ccccc1)C(CO)O2. The Morgan fingerprint density at radius 2 is 1.91 bits per heavy atom. The van der Waals surface area contributed by atoms with Gasteiger partial charge >= 0.3 is 5.97 Å². The van der Waals surface area contributed by atoms with Gasteiger partial charge < -0.3 is 19.3 Å². The van der Waals surface area contributed by atoms with Crippen LogP contribution in [0.15, 0.2) is 48.5 Å². The molecule has 2 unspecified atom stereocenters. The van der Waals surface area contributed by atoms with Crippen molar-refractivity contribution in [1.82, 2.24) is 0 Å². The Labute approximate surface area is 128 Å². The molecule has 0 radical (unpaired) electrons. The van der Waals surface area contributed by atoms with Crippen LogP contribution in [0.4, 0.5) is 0 Å². The van der Waals surface area contributed by atoms with E-state index in [-0.39, 0.29) is 6.61 Å². The number of aliphatic hydroxyl groups excluding tert-OH is 1. The smallest absolute Gasteiger partial charge is 0.337 e. The second-order valence-electron chi connectivity index (χ2n) is 4.94. The van der Waals surface area contributed by atoms with Gasteiger partial charge in [0.15, 0.2) is 23.7 Å². The minimum absolute atomic E-state index is 0.169. The summed E-state index contributed by atoms with van der Waals surface area (Å²) in [4.78, 5) is 11.6. The number of rotatable bonds is 3. The van der Waals surface area contributed by atoms with Crippen molar-refractivity contribution >= 4 is 5.97 Å². The van der Waals surface area contributed by atoms with Crippen molar-refractivity contribution in [1.29, 1.82) is 0 Å². The highest BCUT2D eigenvalue weighted by Gasteiger charge is 2.32. The maximum absolute atomic E-state index is 11.6. The van der Waals surface area contributed by atoms with Crippen LogP contribution >= 0.6 is 0 Å². The maximum Gasteiger partial charge on any atom is 0.337 e. The zero-order valence-corrected chi connectivity index (χ0v) is 12.1. The summed E-state index contributed by atoms with van der Waals surface area (Å²) in [5.41, 5.74) is 1.29. The van der Waals surface area contributed by atoms with Gasteiger partial charge in [-0.3, -0.25) is 0 Å². The van der Waals surface area contributed by atoms with Crippen molar-refractivity contribution in [3.05, 3.63) is 59.7 Å². The molecule has 2 aromatic rings. The molecule has 3 rings (SSSR count). The van der Waals surface area contributed by atoms with Gasteiger partial charge in [-0.25, -0.2) is 4.79 Å². The molecule has 22 heavy (non-hydrogen) atoms. The number of aliphatic hydroxyl groups is 1. The molecule has 5 heteroatoms. The predicted molar refractivity (Wildman–Crippen MR) is 79.1 cm³/mol. The first-order chi connectivity index (χ1) is 10.7. The fourth-order valence-electron chi connectivity index (χ4n) is 2.44. The predicted octanol–water partition coefficient (Wildman–Crippen LogP) is 2.35. The van der Waals surface area contributed by atoms with Crippen LogP contribution in [0.5, 0.6) is 11.5 Å². The van der Waals surface area contributed by atoms with Crippen LogP contribution < -0.4 is 9.47 Å². The number of carbonyl (C=O) groups excluding carboxylic acids is 1. The summed E-state index contributed by atoms with van der Waals surface area (Å²) in [6, 6.07) is 14.4. The van der Waals surface area contributed by atoms with E-state index in [1.165, 1.54) is 7.11 Å². The van der Waals surface area contributed by atoms with Gasteiger partial charge in [-0.15, -0.1) is 0 Å². The maximum atomic E-state index is 11.6. The molecule has 1 aliphatic heterocycles. The van der Waals surface area contributed by atoms with E-state index >= 15 is 0 Å². The van der Waals surface area contributed by atoms with Crippen LogP contribution in [-0.2, 0) is 4.74 Å². The summed E-state index contributed by atoms with van der Waals surface area (Å²) in [5, 5.41) is 9.55. The Kier molecular flexibility index (Phi) is 3.98. The Bertz CT molecular complexity index is 668. The normalized spacial score (nSPS) is 19.5. The summed E-state index contributed by atoms with van der Waals surface area (Å²) in [6.45, 7) is -0.169. The third-order valence-corrected chi connectivity index (χ3v) is 3.54. The van der Waals surface area contributed by atoms with Crippen molar-refractivity contribution in [2.75, 3.05) is 13.7 Å². The molecule has 2 aromatic carbocycles. The summed E-state index contributed by atoms with van der Waals surface area (Å²) >= 11 is 0. The molecule has 0 bridgehead atoms. The quantitative estimate of drug-likeness (QED) is 0.881.